The molecule has 2 heterocycles. The van der Waals surface area contributed by atoms with E-state index in [4.69, 9.17) is 8.85 Å². The van der Waals surface area contributed by atoms with Crippen LogP contribution in [0.2, 0.25) is 0 Å². The number of rotatable bonds is 4. The predicted octanol–water partition coefficient (Wildman–Crippen LogP) is 3.83. The van der Waals surface area contributed by atoms with E-state index in [9.17, 15) is 0 Å². The lowest BCUT2D eigenvalue weighted by molar-refractivity contribution is 0.0250. The highest BCUT2D eigenvalue weighted by molar-refractivity contribution is 6.66. The maximum Gasteiger partial charge on any atom is 0.445 e. The molecule has 6 atom stereocenters. The van der Waals surface area contributed by atoms with Crippen LogP contribution in [0.4, 0.5) is 0 Å². The van der Waals surface area contributed by atoms with Gasteiger partial charge in [-0.05, 0) is 75.3 Å². The first-order valence-electron chi connectivity index (χ1n) is 11.3. The van der Waals surface area contributed by atoms with Crippen LogP contribution in [-0.2, 0) is 8.85 Å². The molecule has 0 aromatic rings. The molecule has 4 aliphatic rings. The van der Waals surface area contributed by atoms with Crippen LogP contribution >= 0.6 is 0 Å². The van der Waals surface area contributed by atoms with E-state index in [1.165, 1.54) is 70.8 Å². The van der Waals surface area contributed by atoms with Gasteiger partial charge >= 0.3 is 8.72 Å². The van der Waals surface area contributed by atoms with E-state index in [2.05, 4.69) is 16.8 Å². The number of fused-ring (bicyclic) bond motifs is 2. The lowest BCUT2D eigenvalue weighted by atomic mass is 9.75. The number of nitrogens with one attached hydrogen (secondary N) is 1. The molecule has 26 heavy (non-hydrogen) atoms. The van der Waals surface area contributed by atoms with Gasteiger partial charge < -0.3 is 14.2 Å². The van der Waals surface area contributed by atoms with Gasteiger partial charge in [0.25, 0.3) is 0 Å². The van der Waals surface area contributed by atoms with Crippen LogP contribution in [0.15, 0.2) is 0 Å². The van der Waals surface area contributed by atoms with Gasteiger partial charge in [-0.15, -0.1) is 0 Å². The van der Waals surface area contributed by atoms with Gasteiger partial charge in [-0.1, -0.05) is 32.6 Å². The lowest BCUT2D eigenvalue weighted by Gasteiger charge is -2.56. The molecule has 6 unspecified atom stereocenters. The van der Waals surface area contributed by atoms with Crippen molar-refractivity contribution >= 4 is 8.72 Å². The van der Waals surface area contributed by atoms with E-state index >= 15 is 0 Å². The van der Waals surface area contributed by atoms with Gasteiger partial charge in [0.15, 0.2) is 0 Å². The van der Waals surface area contributed by atoms with Gasteiger partial charge in [-0.2, -0.15) is 0 Å². The van der Waals surface area contributed by atoms with Crippen molar-refractivity contribution in [2.75, 3.05) is 27.3 Å². The highest BCUT2D eigenvalue weighted by Crippen LogP contribution is 2.45. The average Bonchev–Trinajstić information content (AvgIpc) is 2.69. The highest BCUT2D eigenvalue weighted by Gasteiger charge is 2.59. The van der Waals surface area contributed by atoms with Gasteiger partial charge in [0, 0.05) is 20.3 Å². The SMILES string of the molecule is CO[Si](OC)(C1NCCC2CCCCC21)N1CCCC2CCC(C)CC21. The number of hydrogen-bond acceptors (Lipinski definition) is 4. The summed E-state index contributed by atoms with van der Waals surface area (Å²) in [5.41, 5.74) is 0.438. The van der Waals surface area contributed by atoms with Crippen molar-refractivity contribution < 1.29 is 8.85 Å². The molecular formula is C21H40N2O2Si. The molecule has 2 saturated carbocycles. The van der Waals surface area contributed by atoms with Crippen molar-refractivity contribution in [3.8, 4) is 0 Å². The second-order valence-electron chi connectivity index (χ2n) is 9.55. The monoisotopic (exact) mass is 380 g/mol. The maximum atomic E-state index is 6.48. The zero-order chi connectivity index (χ0) is 18.1. The second-order valence-corrected chi connectivity index (χ2v) is 12.8. The first kappa shape index (κ1) is 19.4. The van der Waals surface area contributed by atoms with Crippen molar-refractivity contribution in [2.24, 2.45) is 23.7 Å². The molecule has 2 aliphatic heterocycles. The smallest absolute Gasteiger partial charge is 0.385 e. The summed E-state index contributed by atoms with van der Waals surface area (Å²) in [6.45, 7) is 4.77. The Labute approximate surface area is 161 Å². The molecule has 2 saturated heterocycles. The minimum absolute atomic E-state index is 0.438. The third-order valence-electron chi connectivity index (χ3n) is 8.25. The fourth-order valence-electron chi connectivity index (χ4n) is 6.97. The molecule has 150 valence electrons. The van der Waals surface area contributed by atoms with Crippen LogP contribution in [0.3, 0.4) is 0 Å². The molecule has 5 heteroatoms. The van der Waals surface area contributed by atoms with Crippen molar-refractivity contribution in [3.05, 3.63) is 0 Å². The molecule has 4 rings (SSSR count). The summed E-state index contributed by atoms with van der Waals surface area (Å²) in [6.07, 6.45) is 13.8. The van der Waals surface area contributed by atoms with E-state index in [1.54, 1.807) is 0 Å². The largest absolute Gasteiger partial charge is 0.445 e. The molecule has 0 aromatic carbocycles. The van der Waals surface area contributed by atoms with E-state index in [0.717, 1.165) is 30.2 Å². The Morgan fingerprint density at radius 1 is 0.885 bits per heavy atom. The van der Waals surface area contributed by atoms with Crippen LogP contribution in [0.5, 0.6) is 0 Å². The predicted molar refractivity (Wildman–Crippen MR) is 108 cm³/mol. The average molecular weight is 381 g/mol. The van der Waals surface area contributed by atoms with Crippen LogP contribution < -0.4 is 5.32 Å². The van der Waals surface area contributed by atoms with Crippen LogP contribution in [0, 0.1) is 23.7 Å². The maximum absolute atomic E-state index is 6.48. The minimum Gasteiger partial charge on any atom is -0.385 e. The molecule has 2 aliphatic carbocycles. The van der Waals surface area contributed by atoms with Crippen LogP contribution in [0.1, 0.15) is 71.1 Å². The molecule has 0 radical (unpaired) electrons. The summed E-state index contributed by atoms with van der Waals surface area (Å²) >= 11 is 0. The van der Waals surface area contributed by atoms with E-state index in [1.807, 2.05) is 14.2 Å². The van der Waals surface area contributed by atoms with E-state index < -0.39 is 8.72 Å². The summed E-state index contributed by atoms with van der Waals surface area (Å²) in [5.74, 6) is 3.35. The summed E-state index contributed by atoms with van der Waals surface area (Å²) in [6, 6.07) is 0.685. The number of nitrogens with zero attached hydrogens (tertiary/aromatic N) is 1. The molecule has 0 amide bonds. The Morgan fingerprint density at radius 2 is 1.65 bits per heavy atom. The summed E-state index contributed by atoms with van der Waals surface area (Å²) in [4.78, 5) is 0. The lowest BCUT2D eigenvalue weighted by Crippen LogP contribution is -2.76. The minimum atomic E-state index is -2.47. The molecule has 4 fully saturated rings. The van der Waals surface area contributed by atoms with Gasteiger partial charge in [0.2, 0.25) is 0 Å². The zero-order valence-electron chi connectivity index (χ0n) is 17.2. The highest BCUT2D eigenvalue weighted by atomic mass is 28.4. The molecule has 1 N–H and O–H groups in total. The number of piperidine rings is 2. The third-order valence-corrected chi connectivity index (χ3v) is 12.2. The first-order valence-corrected chi connectivity index (χ1v) is 13.1. The van der Waals surface area contributed by atoms with Crippen LogP contribution in [0.25, 0.3) is 0 Å². The Balaban J connectivity index is 1.64. The van der Waals surface area contributed by atoms with Crippen molar-refractivity contribution in [3.63, 3.8) is 0 Å². The van der Waals surface area contributed by atoms with Gasteiger partial charge in [0.05, 0.1) is 5.67 Å². The van der Waals surface area contributed by atoms with Crippen molar-refractivity contribution in [2.45, 2.75) is 82.8 Å². The van der Waals surface area contributed by atoms with Crippen molar-refractivity contribution in [1.82, 2.24) is 9.88 Å². The third kappa shape index (κ3) is 3.32. The summed E-state index contributed by atoms with van der Waals surface area (Å²) in [5, 5.41) is 3.94. The molecule has 0 aromatic heterocycles. The molecule has 4 nitrogen and oxygen atoms in total. The fourth-order valence-corrected chi connectivity index (χ4v) is 11.1. The normalized spacial score (nSPS) is 42.1. The Morgan fingerprint density at radius 3 is 2.46 bits per heavy atom. The molecule has 0 spiro atoms. The first-order chi connectivity index (χ1) is 12.7. The quantitative estimate of drug-likeness (QED) is 0.752. The number of hydrogen-bond donors (Lipinski definition) is 1. The van der Waals surface area contributed by atoms with Crippen LogP contribution in [-0.4, -0.2) is 52.3 Å². The Bertz CT molecular complexity index is 471. The van der Waals surface area contributed by atoms with Gasteiger partial charge in [-0.3, -0.25) is 4.57 Å². The Kier molecular flexibility index (Phi) is 6.11. The summed E-state index contributed by atoms with van der Waals surface area (Å²) in [7, 11) is 1.42. The Hall–Kier alpha value is 0.0569. The van der Waals surface area contributed by atoms with E-state index in [0.29, 0.717) is 11.7 Å². The molecule has 0 bridgehead atoms. The second kappa shape index (κ2) is 8.20. The summed E-state index contributed by atoms with van der Waals surface area (Å²) < 4.78 is 15.8. The fraction of sp³-hybridized carbons (Fsp3) is 1.00. The standard InChI is InChI=1S/C21H40N2O2Si/c1-16-10-11-18-8-6-14-23(20(18)15-16)26(24-2,25-3)21-19-9-5-4-7-17(19)12-13-22-21/h16-22H,4-15H2,1-3H3. The zero-order valence-corrected chi connectivity index (χ0v) is 18.2. The van der Waals surface area contributed by atoms with Gasteiger partial charge in [0.1, 0.15) is 0 Å². The topological polar surface area (TPSA) is 33.7 Å². The van der Waals surface area contributed by atoms with E-state index in [-0.39, 0.29) is 0 Å². The van der Waals surface area contributed by atoms with Gasteiger partial charge in [-0.25, -0.2) is 0 Å². The molecular weight excluding hydrogens is 340 g/mol. The van der Waals surface area contributed by atoms with Crippen molar-refractivity contribution in [1.29, 1.82) is 0 Å².